The van der Waals surface area contributed by atoms with E-state index in [4.69, 9.17) is 0 Å². The highest BCUT2D eigenvalue weighted by Gasteiger charge is 2.08. The maximum Gasteiger partial charge on any atom is 0.151 e. The fourth-order valence-corrected chi connectivity index (χ4v) is 2.71. The van der Waals surface area contributed by atoms with Crippen LogP contribution in [0.5, 0.6) is 0 Å². The van der Waals surface area contributed by atoms with Gasteiger partial charge in [0.2, 0.25) is 0 Å². The van der Waals surface area contributed by atoms with Crippen LogP contribution in [0.25, 0.3) is 0 Å². The van der Waals surface area contributed by atoms with Crippen LogP contribution in [0.4, 0.5) is 4.39 Å². The van der Waals surface area contributed by atoms with Gasteiger partial charge in [0.1, 0.15) is 5.82 Å². The lowest BCUT2D eigenvalue weighted by Gasteiger charge is -2.06. The van der Waals surface area contributed by atoms with Crippen molar-refractivity contribution in [2.24, 2.45) is 0 Å². The first kappa shape index (κ1) is 12.8. The first-order chi connectivity index (χ1) is 8.70. The van der Waals surface area contributed by atoms with E-state index in [1.165, 1.54) is 23.4 Å². The summed E-state index contributed by atoms with van der Waals surface area (Å²) in [5, 5.41) is 0. The molecule has 18 heavy (non-hydrogen) atoms. The number of aryl methyl sites for hydroxylation is 1. The number of benzene rings is 2. The fraction of sp³-hybridized carbons (Fsp3) is 0.133. The number of hydrogen-bond donors (Lipinski definition) is 0. The maximum atomic E-state index is 13.6. The maximum absolute atomic E-state index is 13.6. The van der Waals surface area contributed by atoms with Gasteiger partial charge in [-0.3, -0.25) is 4.79 Å². The van der Waals surface area contributed by atoms with Crippen molar-refractivity contribution in [2.45, 2.75) is 17.6 Å². The largest absolute Gasteiger partial charge is 0.298 e. The standard InChI is InChI=1S/C15H13FOS/c1-11-4-2-5-12(8-11)10-18-15-13(9-17)6-3-7-14(15)16/h2-9H,10H2,1H3. The number of halogens is 1. The Morgan fingerprint density at radius 2 is 2.00 bits per heavy atom. The minimum Gasteiger partial charge on any atom is -0.298 e. The molecule has 2 rings (SSSR count). The van der Waals surface area contributed by atoms with Gasteiger partial charge in [0, 0.05) is 11.3 Å². The number of rotatable bonds is 4. The molecule has 3 heteroatoms. The smallest absolute Gasteiger partial charge is 0.151 e. The van der Waals surface area contributed by atoms with Crippen LogP contribution in [0.1, 0.15) is 21.5 Å². The summed E-state index contributed by atoms with van der Waals surface area (Å²) in [7, 11) is 0. The zero-order chi connectivity index (χ0) is 13.0. The average Bonchev–Trinajstić information content (AvgIpc) is 2.37. The van der Waals surface area contributed by atoms with Gasteiger partial charge >= 0.3 is 0 Å². The van der Waals surface area contributed by atoms with E-state index < -0.39 is 0 Å². The van der Waals surface area contributed by atoms with Crippen molar-refractivity contribution in [3.8, 4) is 0 Å². The van der Waals surface area contributed by atoms with Gasteiger partial charge in [0.25, 0.3) is 0 Å². The second-order valence-electron chi connectivity index (χ2n) is 4.05. The average molecular weight is 260 g/mol. The molecule has 0 amide bonds. The van der Waals surface area contributed by atoms with E-state index in [-0.39, 0.29) is 5.82 Å². The minimum absolute atomic E-state index is 0.336. The van der Waals surface area contributed by atoms with Crippen molar-refractivity contribution >= 4 is 18.0 Å². The van der Waals surface area contributed by atoms with Crippen molar-refractivity contribution in [1.29, 1.82) is 0 Å². The summed E-state index contributed by atoms with van der Waals surface area (Å²) in [6.07, 6.45) is 0.696. The zero-order valence-corrected chi connectivity index (χ0v) is 10.8. The molecule has 0 N–H and O–H groups in total. The third-order valence-corrected chi connectivity index (χ3v) is 3.79. The highest BCUT2D eigenvalue weighted by Crippen LogP contribution is 2.28. The lowest BCUT2D eigenvalue weighted by molar-refractivity contribution is 0.112. The Kier molecular flexibility index (Phi) is 4.15. The van der Waals surface area contributed by atoms with Crippen LogP contribution < -0.4 is 0 Å². The summed E-state index contributed by atoms with van der Waals surface area (Å²) >= 11 is 1.35. The number of hydrogen-bond acceptors (Lipinski definition) is 2. The van der Waals surface area contributed by atoms with Gasteiger partial charge in [0.15, 0.2) is 6.29 Å². The van der Waals surface area contributed by atoms with Crippen LogP contribution in [0, 0.1) is 12.7 Å². The van der Waals surface area contributed by atoms with Gasteiger partial charge in [-0.15, -0.1) is 11.8 Å². The monoisotopic (exact) mass is 260 g/mol. The molecule has 2 aromatic carbocycles. The van der Waals surface area contributed by atoms with Crippen molar-refractivity contribution in [3.63, 3.8) is 0 Å². The molecule has 0 unspecified atom stereocenters. The Morgan fingerprint density at radius 1 is 1.22 bits per heavy atom. The summed E-state index contributed by atoms with van der Waals surface area (Å²) in [5.41, 5.74) is 2.71. The zero-order valence-electron chi connectivity index (χ0n) is 10.0. The summed E-state index contributed by atoms with van der Waals surface area (Å²) < 4.78 is 13.6. The molecule has 1 nitrogen and oxygen atoms in total. The third kappa shape index (κ3) is 2.99. The van der Waals surface area contributed by atoms with E-state index in [0.29, 0.717) is 22.5 Å². The predicted molar refractivity (Wildman–Crippen MR) is 72.5 cm³/mol. The molecule has 0 aliphatic carbocycles. The first-order valence-corrected chi connectivity index (χ1v) is 6.61. The molecule has 0 aromatic heterocycles. The van der Waals surface area contributed by atoms with E-state index in [1.807, 2.05) is 25.1 Å². The lowest BCUT2D eigenvalue weighted by atomic mass is 10.2. The molecule has 0 aliphatic heterocycles. The molecule has 0 radical (unpaired) electrons. The summed E-state index contributed by atoms with van der Waals surface area (Å²) in [6, 6.07) is 12.6. The van der Waals surface area contributed by atoms with Crippen LogP contribution in [0.2, 0.25) is 0 Å². The van der Waals surface area contributed by atoms with Crippen molar-refractivity contribution < 1.29 is 9.18 Å². The van der Waals surface area contributed by atoms with E-state index >= 15 is 0 Å². The van der Waals surface area contributed by atoms with Gasteiger partial charge in [0.05, 0.1) is 4.90 Å². The molecule has 0 saturated carbocycles. The summed E-state index contributed by atoms with van der Waals surface area (Å²) in [5.74, 6) is 0.320. The van der Waals surface area contributed by atoms with E-state index in [1.54, 1.807) is 12.1 Å². The third-order valence-electron chi connectivity index (χ3n) is 2.59. The van der Waals surface area contributed by atoms with Gasteiger partial charge in [-0.1, -0.05) is 42.0 Å². The molecule has 0 spiro atoms. The van der Waals surface area contributed by atoms with Crippen LogP contribution >= 0.6 is 11.8 Å². The Hall–Kier alpha value is -1.61. The van der Waals surface area contributed by atoms with Crippen LogP contribution in [-0.4, -0.2) is 6.29 Å². The minimum atomic E-state index is -0.336. The molecule has 0 atom stereocenters. The van der Waals surface area contributed by atoms with E-state index in [0.717, 1.165) is 5.56 Å². The number of carbonyl (C=O) groups excluding carboxylic acids is 1. The number of carbonyl (C=O) groups is 1. The normalized spacial score (nSPS) is 10.3. The Bertz CT molecular complexity index is 566. The van der Waals surface area contributed by atoms with Crippen molar-refractivity contribution in [2.75, 3.05) is 0 Å². The second-order valence-corrected chi connectivity index (χ2v) is 5.04. The van der Waals surface area contributed by atoms with Crippen molar-refractivity contribution in [1.82, 2.24) is 0 Å². The van der Waals surface area contributed by atoms with E-state index in [2.05, 4.69) is 6.07 Å². The Morgan fingerprint density at radius 3 is 2.72 bits per heavy atom. The van der Waals surface area contributed by atoms with Gasteiger partial charge in [-0.2, -0.15) is 0 Å². The number of aldehydes is 1. The molecular weight excluding hydrogens is 247 g/mol. The SMILES string of the molecule is Cc1cccc(CSc2c(F)cccc2C=O)c1. The second kappa shape index (κ2) is 5.83. The Labute approximate surface area is 110 Å². The predicted octanol–water partition coefficient (Wildman–Crippen LogP) is 4.24. The Balaban J connectivity index is 2.18. The van der Waals surface area contributed by atoms with Gasteiger partial charge < -0.3 is 0 Å². The quantitative estimate of drug-likeness (QED) is 0.604. The highest BCUT2D eigenvalue weighted by molar-refractivity contribution is 7.98. The fourth-order valence-electron chi connectivity index (χ4n) is 1.73. The van der Waals surface area contributed by atoms with Gasteiger partial charge in [-0.05, 0) is 18.6 Å². The summed E-state index contributed by atoms with van der Waals surface area (Å²) in [4.78, 5) is 11.3. The van der Waals surface area contributed by atoms with Gasteiger partial charge in [-0.25, -0.2) is 4.39 Å². The van der Waals surface area contributed by atoms with Crippen LogP contribution in [0.3, 0.4) is 0 Å². The number of thioether (sulfide) groups is 1. The highest BCUT2D eigenvalue weighted by atomic mass is 32.2. The molecule has 0 fully saturated rings. The molecule has 0 saturated heterocycles. The lowest BCUT2D eigenvalue weighted by Crippen LogP contribution is -1.91. The topological polar surface area (TPSA) is 17.1 Å². The molecule has 0 aliphatic rings. The van der Waals surface area contributed by atoms with Crippen LogP contribution in [0.15, 0.2) is 47.4 Å². The summed E-state index contributed by atoms with van der Waals surface area (Å²) in [6.45, 7) is 2.02. The molecule has 92 valence electrons. The van der Waals surface area contributed by atoms with Crippen molar-refractivity contribution in [3.05, 3.63) is 65.0 Å². The molecule has 0 bridgehead atoms. The van der Waals surface area contributed by atoms with Crippen LogP contribution in [-0.2, 0) is 5.75 Å². The van der Waals surface area contributed by atoms with E-state index in [9.17, 15) is 9.18 Å². The molecular formula is C15H13FOS. The molecule has 0 heterocycles. The molecule has 2 aromatic rings. The first-order valence-electron chi connectivity index (χ1n) is 5.63.